The van der Waals surface area contributed by atoms with Gasteiger partial charge in [0, 0.05) is 30.9 Å². The van der Waals surface area contributed by atoms with Crippen LogP contribution in [0.15, 0.2) is 54.2 Å². The molecule has 0 spiro atoms. The number of alkyl carbamates (subject to hydrolysis) is 1. The lowest BCUT2D eigenvalue weighted by molar-refractivity contribution is 0.0512. The van der Waals surface area contributed by atoms with Gasteiger partial charge in [-0.15, -0.1) is 0 Å². The van der Waals surface area contributed by atoms with Crippen molar-refractivity contribution in [2.45, 2.75) is 52.1 Å². The van der Waals surface area contributed by atoms with Crippen LogP contribution in [0.5, 0.6) is 0 Å². The largest absolute Gasteiger partial charge is 0.444 e. The molecule has 0 bridgehead atoms. The van der Waals surface area contributed by atoms with Gasteiger partial charge >= 0.3 is 6.09 Å². The average Bonchev–Trinajstić information content (AvgIpc) is 2.85. The van der Waals surface area contributed by atoms with Gasteiger partial charge in [-0.1, -0.05) is 30.9 Å². The standard InChI is InChI=1S/C28H37N5O3/c1-5-14-30-25(16-29)24-15-22(21-8-6-7-9-23(21)33-24)26(34)31-17-19-10-12-20(13-11-19)18-32-27(35)36-28(2,3)4/h5-9,14-16,19-20H,1,10-13,17-18,29H2,2-4H3,(H,31,34)(H,32,35)/b25-16-,30-14-/t19-,20-. The number of allylic oxidation sites excluding steroid dienone is 1. The molecule has 0 radical (unpaired) electrons. The molecule has 2 aromatic rings. The first-order chi connectivity index (χ1) is 17.2. The van der Waals surface area contributed by atoms with E-state index in [9.17, 15) is 9.59 Å². The number of aliphatic imine (C=N–C) groups is 1. The molecule has 1 aliphatic carbocycles. The Morgan fingerprint density at radius 1 is 1.14 bits per heavy atom. The van der Waals surface area contributed by atoms with Crippen molar-refractivity contribution in [3.8, 4) is 0 Å². The van der Waals surface area contributed by atoms with Gasteiger partial charge in [-0.3, -0.25) is 9.79 Å². The second kappa shape index (κ2) is 12.3. The van der Waals surface area contributed by atoms with Crippen LogP contribution in [0.1, 0.15) is 62.5 Å². The van der Waals surface area contributed by atoms with Gasteiger partial charge in [-0.25, -0.2) is 9.78 Å². The van der Waals surface area contributed by atoms with E-state index in [0.29, 0.717) is 47.4 Å². The van der Waals surface area contributed by atoms with Crippen molar-refractivity contribution in [3.63, 3.8) is 0 Å². The molecule has 0 atom stereocenters. The highest BCUT2D eigenvalue weighted by Crippen LogP contribution is 2.28. The summed E-state index contributed by atoms with van der Waals surface area (Å²) in [5, 5.41) is 6.77. The second-order valence-corrected chi connectivity index (χ2v) is 10.1. The Hall–Kier alpha value is -3.68. The van der Waals surface area contributed by atoms with Gasteiger partial charge in [0.2, 0.25) is 0 Å². The van der Waals surface area contributed by atoms with Crippen LogP contribution in [0.3, 0.4) is 0 Å². The fraction of sp³-hybridized carbons (Fsp3) is 0.429. The van der Waals surface area contributed by atoms with E-state index in [4.69, 9.17) is 10.5 Å². The van der Waals surface area contributed by atoms with Crippen LogP contribution in [-0.4, -0.2) is 41.9 Å². The Balaban J connectivity index is 1.59. The number of ether oxygens (including phenoxy) is 1. The van der Waals surface area contributed by atoms with Gasteiger partial charge in [0.05, 0.1) is 16.8 Å². The molecule has 36 heavy (non-hydrogen) atoms. The summed E-state index contributed by atoms with van der Waals surface area (Å²) < 4.78 is 5.31. The third-order valence-corrected chi connectivity index (χ3v) is 6.15. The predicted octanol–water partition coefficient (Wildman–Crippen LogP) is 4.81. The number of rotatable bonds is 8. The van der Waals surface area contributed by atoms with Crippen LogP contribution in [0, 0.1) is 11.8 Å². The third-order valence-electron chi connectivity index (χ3n) is 6.15. The van der Waals surface area contributed by atoms with Crippen LogP contribution in [0.25, 0.3) is 16.6 Å². The molecular weight excluding hydrogens is 454 g/mol. The molecule has 1 heterocycles. The maximum atomic E-state index is 13.2. The Bertz CT molecular complexity index is 1140. The SMILES string of the molecule is C=C/C=N\C(=C/N)c1cc(C(=O)NC[C@H]2CC[C@H](CNC(=O)OC(C)(C)C)CC2)c2ccccc2n1. The highest BCUT2D eigenvalue weighted by molar-refractivity contribution is 6.06. The third kappa shape index (κ3) is 7.66. The number of hydrogen-bond acceptors (Lipinski definition) is 6. The Morgan fingerprint density at radius 2 is 1.78 bits per heavy atom. The van der Waals surface area contributed by atoms with Crippen LogP contribution in [-0.2, 0) is 4.74 Å². The zero-order chi connectivity index (χ0) is 26.1. The predicted molar refractivity (Wildman–Crippen MR) is 145 cm³/mol. The molecule has 1 aromatic carbocycles. The highest BCUT2D eigenvalue weighted by atomic mass is 16.6. The van der Waals surface area contributed by atoms with Gasteiger partial charge < -0.3 is 21.1 Å². The van der Waals surface area contributed by atoms with E-state index in [1.165, 1.54) is 12.4 Å². The first kappa shape index (κ1) is 26.9. The van der Waals surface area contributed by atoms with Gasteiger partial charge in [0.15, 0.2) is 0 Å². The number of nitrogens with two attached hydrogens (primary N) is 1. The van der Waals surface area contributed by atoms with Crippen molar-refractivity contribution < 1.29 is 14.3 Å². The number of benzene rings is 1. The van der Waals surface area contributed by atoms with Crippen LogP contribution >= 0.6 is 0 Å². The topological polar surface area (TPSA) is 119 Å². The minimum absolute atomic E-state index is 0.146. The van der Waals surface area contributed by atoms with E-state index in [1.807, 2.05) is 45.0 Å². The van der Waals surface area contributed by atoms with Gasteiger partial charge in [0.1, 0.15) is 11.3 Å². The average molecular weight is 492 g/mol. The monoisotopic (exact) mass is 491 g/mol. The number of fused-ring (bicyclic) bond motifs is 1. The number of carbonyl (C=O) groups excluding carboxylic acids is 2. The molecule has 192 valence electrons. The number of para-hydroxylation sites is 1. The zero-order valence-electron chi connectivity index (χ0n) is 21.4. The number of nitrogens with zero attached hydrogens (tertiary/aromatic N) is 2. The Kier molecular flexibility index (Phi) is 9.22. The van der Waals surface area contributed by atoms with Crippen molar-refractivity contribution in [2.75, 3.05) is 13.1 Å². The molecule has 4 N–H and O–H groups in total. The number of pyridine rings is 1. The number of aromatic nitrogens is 1. The molecule has 0 unspecified atom stereocenters. The van der Waals surface area contributed by atoms with Gasteiger partial charge in [-0.05, 0) is 70.4 Å². The molecule has 1 fully saturated rings. The summed E-state index contributed by atoms with van der Waals surface area (Å²) in [6.07, 6.45) is 8.10. The maximum absolute atomic E-state index is 13.2. The second-order valence-electron chi connectivity index (χ2n) is 10.1. The lowest BCUT2D eigenvalue weighted by Crippen LogP contribution is -2.37. The maximum Gasteiger partial charge on any atom is 0.407 e. The van der Waals surface area contributed by atoms with E-state index in [-0.39, 0.29) is 12.0 Å². The molecule has 2 amide bonds. The Morgan fingerprint density at radius 3 is 2.39 bits per heavy atom. The summed E-state index contributed by atoms with van der Waals surface area (Å²) in [5.41, 5.74) is 7.50. The summed E-state index contributed by atoms with van der Waals surface area (Å²) in [4.78, 5) is 34.0. The van der Waals surface area contributed by atoms with E-state index < -0.39 is 5.60 Å². The number of nitrogens with one attached hydrogen (secondary N) is 2. The van der Waals surface area contributed by atoms with Crippen molar-refractivity contribution in [1.29, 1.82) is 0 Å². The number of hydrogen-bond donors (Lipinski definition) is 3. The molecule has 3 rings (SSSR count). The number of amides is 2. The van der Waals surface area contributed by atoms with E-state index >= 15 is 0 Å². The van der Waals surface area contributed by atoms with Crippen molar-refractivity contribution in [1.82, 2.24) is 15.6 Å². The van der Waals surface area contributed by atoms with Crippen LogP contribution in [0.4, 0.5) is 4.79 Å². The summed E-state index contributed by atoms with van der Waals surface area (Å²) in [6, 6.07) is 9.27. The van der Waals surface area contributed by atoms with E-state index in [1.54, 1.807) is 12.1 Å². The zero-order valence-corrected chi connectivity index (χ0v) is 21.4. The number of carbonyl (C=O) groups is 2. The smallest absolute Gasteiger partial charge is 0.407 e. The first-order valence-electron chi connectivity index (χ1n) is 12.4. The van der Waals surface area contributed by atoms with Gasteiger partial charge in [0.25, 0.3) is 5.91 Å². The van der Waals surface area contributed by atoms with Crippen molar-refractivity contribution >= 4 is 34.8 Å². The van der Waals surface area contributed by atoms with Crippen molar-refractivity contribution in [3.05, 3.63) is 60.4 Å². The molecule has 0 saturated heterocycles. The summed E-state index contributed by atoms with van der Waals surface area (Å²) in [6.45, 7) is 10.4. The lowest BCUT2D eigenvalue weighted by atomic mass is 9.82. The molecule has 1 aromatic heterocycles. The Labute approximate surface area is 213 Å². The highest BCUT2D eigenvalue weighted by Gasteiger charge is 2.24. The lowest BCUT2D eigenvalue weighted by Gasteiger charge is -2.29. The quantitative estimate of drug-likeness (QED) is 0.458. The molecular formula is C28H37N5O3. The first-order valence-corrected chi connectivity index (χ1v) is 12.4. The van der Waals surface area contributed by atoms with Crippen LogP contribution in [0.2, 0.25) is 0 Å². The summed E-state index contributed by atoms with van der Waals surface area (Å²) in [7, 11) is 0. The summed E-state index contributed by atoms with van der Waals surface area (Å²) >= 11 is 0. The van der Waals surface area contributed by atoms with E-state index in [2.05, 4.69) is 27.2 Å². The molecule has 8 nitrogen and oxygen atoms in total. The fourth-order valence-corrected chi connectivity index (χ4v) is 4.34. The van der Waals surface area contributed by atoms with E-state index in [0.717, 1.165) is 31.1 Å². The summed E-state index contributed by atoms with van der Waals surface area (Å²) in [5.74, 6) is 0.678. The van der Waals surface area contributed by atoms with Crippen LogP contribution < -0.4 is 16.4 Å². The minimum atomic E-state index is -0.498. The fourth-order valence-electron chi connectivity index (χ4n) is 4.34. The van der Waals surface area contributed by atoms with Crippen molar-refractivity contribution in [2.24, 2.45) is 22.6 Å². The molecule has 1 saturated carbocycles. The molecule has 8 heteroatoms. The molecule has 1 aliphatic rings. The van der Waals surface area contributed by atoms with Gasteiger partial charge in [-0.2, -0.15) is 0 Å². The normalized spacial score (nSPS) is 18.7. The molecule has 0 aliphatic heterocycles. The minimum Gasteiger partial charge on any atom is -0.444 e.